The minimum Gasteiger partial charge on any atom is -0.323 e. The zero-order valence-electron chi connectivity index (χ0n) is 13.2. The first-order valence-electron chi connectivity index (χ1n) is 8.52. The van der Waals surface area contributed by atoms with E-state index in [4.69, 9.17) is 5.84 Å². The fraction of sp³-hybridized carbons (Fsp3) is 0.350. The molecule has 4 atom stereocenters. The molecule has 0 aromatic heterocycles. The molecule has 2 bridgehead atoms. The molecule has 4 rings (SSSR count). The summed E-state index contributed by atoms with van der Waals surface area (Å²) in [5.41, 5.74) is 3.87. The van der Waals surface area contributed by atoms with Crippen LogP contribution in [0.1, 0.15) is 42.5 Å². The number of benzene rings is 2. The highest BCUT2D eigenvalue weighted by molar-refractivity contribution is 5.91. The van der Waals surface area contributed by atoms with Crippen LogP contribution in [-0.4, -0.2) is 5.71 Å². The maximum atomic E-state index is 5.83. The Labute approximate surface area is 137 Å². The fourth-order valence-electron chi connectivity index (χ4n) is 4.40. The Hall–Kier alpha value is -2.13. The molecule has 1 saturated heterocycles. The van der Waals surface area contributed by atoms with Crippen LogP contribution in [0.3, 0.4) is 0 Å². The van der Waals surface area contributed by atoms with Crippen LogP contribution in [-0.2, 0) is 0 Å². The first-order valence-corrected chi connectivity index (χ1v) is 8.52. The third kappa shape index (κ3) is 2.55. The lowest BCUT2D eigenvalue weighted by atomic mass is 9.67. The average molecular weight is 305 g/mol. The summed E-state index contributed by atoms with van der Waals surface area (Å²) in [5, 5.41) is 8.18. The molecule has 0 unspecified atom stereocenters. The van der Waals surface area contributed by atoms with Crippen LogP contribution >= 0.6 is 0 Å². The van der Waals surface area contributed by atoms with Crippen molar-refractivity contribution in [1.29, 1.82) is 0 Å². The van der Waals surface area contributed by atoms with E-state index in [0.29, 0.717) is 23.9 Å². The number of hydrazone groups is 1. The maximum Gasteiger partial charge on any atom is 0.0475 e. The molecule has 0 amide bonds. The van der Waals surface area contributed by atoms with Crippen molar-refractivity contribution in [3.05, 3.63) is 71.8 Å². The summed E-state index contributed by atoms with van der Waals surface area (Å²) in [6, 6.07) is 22.0. The van der Waals surface area contributed by atoms with Gasteiger partial charge in [-0.3, -0.25) is 0 Å². The van der Waals surface area contributed by atoms with Gasteiger partial charge >= 0.3 is 0 Å². The van der Waals surface area contributed by atoms with E-state index < -0.39 is 0 Å². The van der Waals surface area contributed by atoms with E-state index in [9.17, 15) is 0 Å². The number of hydrogen-bond donors (Lipinski definition) is 2. The Kier molecular flexibility index (Phi) is 3.88. The average Bonchev–Trinajstić information content (AvgIpc) is 2.63. The van der Waals surface area contributed by atoms with E-state index in [2.05, 4.69) is 71.1 Å². The highest BCUT2D eigenvalue weighted by Gasteiger charge is 2.44. The van der Waals surface area contributed by atoms with Crippen LogP contribution in [0.4, 0.5) is 0 Å². The largest absolute Gasteiger partial charge is 0.323 e. The minimum absolute atomic E-state index is 0.292. The lowest BCUT2D eigenvalue weighted by Gasteiger charge is -2.47. The summed E-state index contributed by atoms with van der Waals surface area (Å²) < 4.78 is 0. The van der Waals surface area contributed by atoms with E-state index >= 15 is 0 Å². The van der Waals surface area contributed by atoms with E-state index in [-0.39, 0.29) is 0 Å². The second-order valence-corrected chi connectivity index (χ2v) is 6.64. The van der Waals surface area contributed by atoms with Gasteiger partial charge in [-0.15, -0.1) is 0 Å². The van der Waals surface area contributed by atoms with E-state index in [0.717, 1.165) is 0 Å². The summed E-state index contributed by atoms with van der Waals surface area (Å²) in [6.07, 6.45) is 3.59. The Morgan fingerprint density at radius 1 is 0.783 bits per heavy atom. The molecular formula is C20H23N3. The third-order valence-corrected chi connectivity index (χ3v) is 5.42. The first-order chi connectivity index (χ1) is 11.4. The topological polar surface area (TPSA) is 50.4 Å². The van der Waals surface area contributed by atoms with Crippen LogP contribution in [0.5, 0.6) is 0 Å². The Morgan fingerprint density at radius 2 is 1.26 bits per heavy atom. The Balaban J connectivity index is 1.76. The van der Waals surface area contributed by atoms with Crippen molar-refractivity contribution in [1.82, 2.24) is 5.32 Å². The van der Waals surface area contributed by atoms with Gasteiger partial charge in [0, 0.05) is 29.6 Å². The summed E-state index contributed by atoms with van der Waals surface area (Å²) in [4.78, 5) is 0. The van der Waals surface area contributed by atoms with Gasteiger partial charge in [0.15, 0.2) is 0 Å². The molecule has 23 heavy (non-hydrogen) atoms. The lowest BCUT2D eigenvalue weighted by Crippen LogP contribution is -2.51. The molecule has 3 N–H and O–H groups in total. The van der Waals surface area contributed by atoms with Crippen LogP contribution in [0.25, 0.3) is 0 Å². The van der Waals surface area contributed by atoms with E-state index in [1.165, 1.54) is 36.1 Å². The molecule has 3 heteroatoms. The van der Waals surface area contributed by atoms with Crippen LogP contribution < -0.4 is 11.2 Å². The normalized spacial score (nSPS) is 31.9. The zero-order chi connectivity index (χ0) is 15.6. The van der Waals surface area contributed by atoms with Crippen molar-refractivity contribution in [3.63, 3.8) is 0 Å². The zero-order valence-corrected chi connectivity index (χ0v) is 13.2. The van der Waals surface area contributed by atoms with Gasteiger partial charge in [-0.2, -0.15) is 5.10 Å². The van der Waals surface area contributed by atoms with Gasteiger partial charge in [0.05, 0.1) is 0 Å². The number of fused-ring (bicyclic) bond motifs is 2. The SMILES string of the molecule is NN=C1[C@@H]2CCC[C@@H]1[C@H](c1ccccc1)N[C@@H]2c1ccccc1. The van der Waals surface area contributed by atoms with Gasteiger partial charge in [-0.05, 0) is 24.0 Å². The Morgan fingerprint density at radius 3 is 1.70 bits per heavy atom. The molecule has 0 radical (unpaired) electrons. The smallest absolute Gasteiger partial charge is 0.0475 e. The molecule has 2 aliphatic rings. The number of nitrogens with two attached hydrogens (primary N) is 1. The van der Waals surface area contributed by atoms with E-state index in [1.54, 1.807) is 0 Å². The summed E-state index contributed by atoms with van der Waals surface area (Å²) in [5.74, 6) is 6.67. The highest BCUT2D eigenvalue weighted by Crippen LogP contribution is 2.46. The number of nitrogens with one attached hydrogen (secondary N) is 1. The molecule has 118 valence electrons. The quantitative estimate of drug-likeness (QED) is 0.655. The maximum absolute atomic E-state index is 5.83. The van der Waals surface area contributed by atoms with Crippen LogP contribution in [0.2, 0.25) is 0 Å². The van der Waals surface area contributed by atoms with Crippen molar-refractivity contribution < 1.29 is 0 Å². The van der Waals surface area contributed by atoms with Gasteiger partial charge in [0.1, 0.15) is 0 Å². The second kappa shape index (κ2) is 6.17. The number of hydrogen-bond acceptors (Lipinski definition) is 3. The molecule has 1 aliphatic heterocycles. The van der Waals surface area contributed by atoms with Crippen LogP contribution in [0, 0.1) is 11.8 Å². The second-order valence-electron chi connectivity index (χ2n) is 6.64. The highest BCUT2D eigenvalue weighted by atomic mass is 15.1. The van der Waals surface area contributed by atoms with Crippen molar-refractivity contribution in [2.45, 2.75) is 31.3 Å². The van der Waals surface area contributed by atoms with Gasteiger partial charge in [0.25, 0.3) is 0 Å². The van der Waals surface area contributed by atoms with Crippen molar-refractivity contribution in [2.24, 2.45) is 22.8 Å². The van der Waals surface area contributed by atoms with Gasteiger partial charge < -0.3 is 11.2 Å². The molecule has 1 saturated carbocycles. The number of rotatable bonds is 2. The minimum atomic E-state index is 0.292. The lowest BCUT2D eigenvalue weighted by molar-refractivity contribution is 0.233. The van der Waals surface area contributed by atoms with Crippen molar-refractivity contribution in [2.75, 3.05) is 0 Å². The van der Waals surface area contributed by atoms with Gasteiger partial charge in [-0.1, -0.05) is 67.1 Å². The van der Waals surface area contributed by atoms with Gasteiger partial charge in [0.2, 0.25) is 0 Å². The number of piperidine rings is 1. The standard InChI is InChI=1S/C20H23N3/c21-23-20-16-12-7-13-17(20)19(15-10-5-2-6-11-15)22-18(16)14-8-3-1-4-9-14/h1-6,8-11,16-19,22H,7,12-13,21H2/t16-,17-,18-,19+/m1/s1. The van der Waals surface area contributed by atoms with Crippen molar-refractivity contribution in [3.8, 4) is 0 Å². The van der Waals surface area contributed by atoms with Crippen LogP contribution in [0.15, 0.2) is 65.8 Å². The van der Waals surface area contributed by atoms with E-state index in [1.807, 2.05) is 0 Å². The first kappa shape index (κ1) is 14.5. The predicted octanol–water partition coefficient (Wildman–Crippen LogP) is 3.80. The third-order valence-electron chi connectivity index (χ3n) is 5.42. The molecule has 1 aliphatic carbocycles. The molecule has 3 nitrogen and oxygen atoms in total. The Bertz CT molecular complexity index is 625. The molecule has 1 heterocycles. The molecule has 2 aromatic carbocycles. The molecule has 2 aromatic rings. The molecular weight excluding hydrogens is 282 g/mol. The fourth-order valence-corrected chi connectivity index (χ4v) is 4.40. The predicted molar refractivity (Wildman–Crippen MR) is 94.0 cm³/mol. The summed E-state index contributed by atoms with van der Waals surface area (Å²) >= 11 is 0. The number of nitrogens with zero attached hydrogens (tertiary/aromatic N) is 1. The molecule has 0 spiro atoms. The van der Waals surface area contributed by atoms with Gasteiger partial charge in [-0.25, -0.2) is 0 Å². The summed E-state index contributed by atoms with van der Waals surface area (Å²) in [7, 11) is 0. The van der Waals surface area contributed by atoms with Crippen molar-refractivity contribution >= 4 is 5.71 Å². The molecule has 2 fully saturated rings. The monoisotopic (exact) mass is 305 g/mol. The summed E-state index contributed by atoms with van der Waals surface area (Å²) in [6.45, 7) is 0.